The van der Waals surface area contributed by atoms with Crippen LogP contribution in [-0.2, 0) is 16.0 Å². The molecule has 3 atom stereocenters. The molecule has 1 saturated heterocycles. The first-order chi connectivity index (χ1) is 9.19. The summed E-state index contributed by atoms with van der Waals surface area (Å²) in [7, 11) is 0. The van der Waals surface area contributed by atoms with Crippen LogP contribution in [0.1, 0.15) is 25.3 Å². The average molecular weight is 263 g/mol. The van der Waals surface area contributed by atoms with Crippen LogP contribution in [0.15, 0.2) is 30.3 Å². The Morgan fingerprint density at radius 1 is 1.42 bits per heavy atom. The van der Waals surface area contributed by atoms with Crippen LogP contribution in [0.25, 0.3) is 0 Å². The normalized spacial score (nSPS) is 24.1. The van der Waals surface area contributed by atoms with Gasteiger partial charge in [-0.25, -0.2) is 0 Å². The van der Waals surface area contributed by atoms with Crippen LogP contribution in [0, 0.1) is 0 Å². The van der Waals surface area contributed by atoms with Gasteiger partial charge in [-0.2, -0.15) is 0 Å². The summed E-state index contributed by atoms with van der Waals surface area (Å²) in [5, 5.41) is 12.2. The Labute approximate surface area is 113 Å². The molecule has 1 aromatic carbocycles. The summed E-state index contributed by atoms with van der Waals surface area (Å²) in [6.45, 7) is 1.91. The zero-order valence-electron chi connectivity index (χ0n) is 11.2. The molecule has 2 N–H and O–H groups in total. The van der Waals surface area contributed by atoms with Gasteiger partial charge in [0.25, 0.3) is 0 Å². The third-order valence-electron chi connectivity index (χ3n) is 3.42. The molecule has 1 heterocycles. The number of aliphatic hydroxyl groups is 1. The minimum Gasteiger partial charge on any atom is -0.394 e. The summed E-state index contributed by atoms with van der Waals surface area (Å²) < 4.78 is 5.52. The van der Waals surface area contributed by atoms with Gasteiger partial charge in [0, 0.05) is 0 Å². The largest absolute Gasteiger partial charge is 0.394 e. The first-order valence-corrected chi connectivity index (χ1v) is 6.79. The van der Waals surface area contributed by atoms with Gasteiger partial charge in [-0.15, -0.1) is 0 Å². The van der Waals surface area contributed by atoms with Crippen molar-refractivity contribution in [3.63, 3.8) is 0 Å². The first-order valence-electron chi connectivity index (χ1n) is 6.79. The Balaban J connectivity index is 1.87. The highest BCUT2D eigenvalue weighted by atomic mass is 16.5. The lowest BCUT2D eigenvalue weighted by Gasteiger charge is -2.19. The maximum atomic E-state index is 12.0. The zero-order valence-corrected chi connectivity index (χ0v) is 11.2. The minimum atomic E-state index is -0.361. The summed E-state index contributed by atoms with van der Waals surface area (Å²) in [6, 6.07) is 9.57. The Kier molecular flexibility index (Phi) is 4.93. The van der Waals surface area contributed by atoms with Crippen LogP contribution in [0.5, 0.6) is 0 Å². The number of carbonyl (C=O) groups excluding carboxylic acids is 1. The quantitative estimate of drug-likeness (QED) is 0.841. The van der Waals surface area contributed by atoms with Crippen molar-refractivity contribution in [3.8, 4) is 0 Å². The third kappa shape index (κ3) is 4.04. The molecule has 104 valence electrons. The molecule has 1 amide bonds. The summed E-state index contributed by atoms with van der Waals surface area (Å²) in [6.07, 6.45) is 2.10. The van der Waals surface area contributed by atoms with E-state index in [-0.39, 0.29) is 30.8 Å². The standard InChI is InChI=1S/C15H21NO3/c1-11-7-8-14(19-11)15(18)16-13(10-17)9-12-5-3-2-4-6-12/h2-6,11,13-14,17H,7-10H2,1H3,(H,16,18)/t11?,13-,14?/m0/s1. The number of hydrogen-bond donors (Lipinski definition) is 2. The fourth-order valence-corrected chi connectivity index (χ4v) is 2.35. The Bertz CT molecular complexity index is 407. The number of ether oxygens (including phenoxy) is 1. The maximum absolute atomic E-state index is 12.0. The fourth-order valence-electron chi connectivity index (χ4n) is 2.35. The van der Waals surface area contributed by atoms with E-state index in [9.17, 15) is 9.90 Å². The fraction of sp³-hybridized carbons (Fsp3) is 0.533. The average Bonchev–Trinajstić information content (AvgIpc) is 2.86. The van der Waals surface area contributed by atoms with Crippen molar-refractivity contribution in [2.24, 2.45) is 0 Å². The Hall–Kier alpha value is -1.39. The summed E-state index contributed by atoms with van der Waals surface area (Å²) >= 11 is 0. The second kappa shape index (κ2) is 6.68. The van der Waals surface area contributed by atoms with Crippen LogP contribution in [0.2, 0.25) is 0 Å². The molecule has 1 aromatic rings. The lowest BCUT2D eigenvalue weighted by molar-refractivity contribution is -0.132. The van der Waals surface area contributed by atoms with E-state index in [4.69, 9.17) is 4.74 Å². The van der Waals surface area contributed by atoms with Gasteiger partial charge in [0.05, 0.1) is 18.8 Å². The van der Waals surface area contributed by atoms with Crippen molar-refractivity contribution < 1.29 is 14.6 Å². The van der Waals surface area contributed by atoms with Crippen molar-refractivity contribution in [2.45, 2.75) is 44.4 Å². The predicted molar refractivity (Wildman–Crippen MR) is 72.7 cm³/mol. The van der Waals surface area contributed by atoms with Gasteiger partial charge in [0.2, 0.25) is 5.91 Å². The summed E-state index contributed by atoms with van der Waals surface area (Å²) in [5.74, 6) is -0.112. The lowest BCUT2D eigenvalue weighted by Crippen LogP contribution is -2.44. The van der Waals surface area contributed by atoms with Crippen molar-refractivity contribution in [1.82, 2.24) is 5.32 Å². The molecule has 0 radical (unpaired) electrons. The number of benzene rings is 1. The van der Waals surface area contributed by atoms with Crippen molar-refractivity contribution in [1.29, 1.82) is 0 Å². The van der Waals surface area contributed by atoms with Crippen LogP contribution >= 0.6 is 0 Å². The highest BCUT2D eigenvalue weighted by Crippen LogP contribution is 2.19. The third-order valence-corrected chi connectivity index (χ3v) is 3.42. The number of rotatable bonds is 5. The van der Waals surface area contributed by atoms with Crippen LogP contribution in [-0.4, -0.2) is 35.9 Å². The highest BCUT2D eigenvalue weighted by molar-refractivity contribution is 5.81. The SMILES string of the molecule is CC1CCC(C(=O)N[C@H](CO)Cc2ccccc2)O1. The van der Waals surface area contributed by atoms with Gasteiger partial charge in [0.15, 0.2) is 0 Å². The molecule has 0 bridgehead atoms. The van der Waals surface area contributed by atoms with Crippen LogP contribution in [0.3, 0.4) is 0 Å². The van der Waals surface area contributed by atoms with E-state index in [1.54, 1.807) is 0 Å². The Morgan fingerprint density at radius 2 is 2.16 bits per heavy atom. The highest BCUT2D eigenvalue weighted by Gasteiger charge is 2.29. The molecule has 0 spiro atoms. The molecule has 0 aliphatic carbocycles. The number of carbonyl (C=O) groups is 1. The second-order valence-corrected chi connectivity index (χ2v) is 5.09. The molecule has 2 unspecified atom stereocenters. The van der Waals surface area contributed by atoms with Crippen molar-refractivity contribution >= 4 is 5.91 Å². The number of nitrogens with one attached hydrogen (secondary N) is 1. The molecular weight excluding hydrogens is 242 g/mol. The van der Waals surface area contributed by atoms with Gasteiger partial charge >= 0.3 is 0 Å². The van der Waals surface area contributed by atoms with Gasteiger partial charge in [-0.3, -0.25) is 4.79 Å². The molecule has 4 nitrogen and oxygen atoms in total. The van der Waals surface area contributed by atoms with Crippen molar-refractivity contribution in [3.05, 3.63) is 35.9 Å². The van der Waals surface area contributed by atoms with Gasteiger partial charge in [0.1, 0.15) is 6.10 Å². The van der Waals surface area contributed by atoms with Crippen molar-refractivity contribution in [2.75, 3.05) is 6.61 Å². The van der Waals surface area contributed by atoms with E-state index in [1.807, 2.05) is 37.3 Å². The monoisotopic (exact) mass is 263 g/mol. The minimum absolute atomic E-state index is 0.0666. The summed E-state index contributed by atoms with van der Waals surface area (Å²) in [5.41, 5.74) is 1.10. The van der Waals surface area contributed by atoms with E-state index in [1.165, 1.54) is 0 Å². The molecule has 1 aliphatic heterocycles. The van der Waals surface area contributed by atoms with Gasteiger partial charge in [-0.1, -0.05) is 30.3 Å². The van der Waals surface area contributed by atoms with Crippen LogP contribution in [0.4, 0.5) is 0 Å². The van der Waals surface area contributed by atoms with E-state index in [2.05, 4.69) is 5.32 Å². The Morgan fingerprint density at radius 3 is 2.74 bits per heavy atom. The van der Waals surface area contributed by atoms with Crippen LogP contribution < -0.4 is 5.32 Å². The molecule has 0 saturated carbocycles. The second-order valence-electron chi connectivity index (χ2n) is 5.09. The smallest absolute Gasteiger partial charge is 0.249 e. The molecule has 1 fully saturated rings. The maximum Gasteiger partial charge on any atom is 0.249 e. The number of amides is 1. The molecule has 4 heteroatoms. The molecular formula is C15H21NO3. The van der Waals surface area contributed by atoms with E-state index < -0.39 is 0 Å². The van der Waals surface area contributed by atoms with E-state index in [0.717, 1.165) is 18.4 Å². The van der Waals surface area contributed by atoms with Gasteiger partial charge in [-0.05, 0) is 31.7 Å². The molecule has 1 aliphatic rings. The molecule has 0 aromatic heterocycles. The lowest BCUT2D eigenvalue weighted by atomic mass is 10.1. The topological polar surface area (TPSA) is 58.6 Å². The van der Waals surface area contributed by atoms with E-state index >= 15 is 0 Å². The predicted octanol–water partition coefficient (Wildman–Crippen LogP) is 1.27. The summed E-state index contributed by atoms with van der Waals surface area (Å²) in [4.78, 5) is 12.0. The molecule has 2 rings (SSSR count). The van der Waals surface area contributed by atoms with E-state index in [0.29, 0.717) is 6.42 Å². The first kappa shape index (κ1) is 14.0. The number of aliphatic hydroxyl groups excluding tert-OH is 1. The molecule has 19 heavy (non-hydrogen) atoms. The van der Waals surface area contributed by atoms with Gasteiger partial charge < -0.3 is 15.2 Å². The zero-order chi connectivity index (χ0) is 13.7. The number of hydrogen-bond acceptors (Lipinski definition) is 3.